The molecular weight excluding hydrogens is 216 g/mol. The first-order valence-electron chi connectivity index (χ1n) is 5.82. The maximum absolute atomic E-state index is 11.9. The van der Waals surface area contributed by atoms with Crippen LogP contribution in [-0.2, 0) is 0 Å². The van der Waals surface area contributed by atoms with Gasteiger partial charge in [-0.1, -0.05) is 13.8 Å². The number of hydrogen-bond acceptors (Lipinski definition) is 4. The van der Waals surface area contributed by atoms with Crippen LogP contribution in [0, 0.1) is 6.92 Å². The Hall–Kier alpha value is -1.49. The van der Waals surface area contributed by atoms with Crippen LogP contribution in [-0.4, -0.2) is 36.0 Å². The van der Waals surface area contributed by atoms with Crippen LogP contribution < -0.4 is 10.6 Å². The standard InChI is InChI=1S/C12H20N4O/c1-8(2)11-10(7-15-9(3)16-11)12(17)14-6-5-13-4/h7-8,13H,5-6H2,1-4H3,(H,14,17). The van der Waals surface area contributed by atoms with Gasteiger partial charge in [-0.25, -0.2) is 9.97 Å². The molecule has 1 heterocycles. The van der Waals surface area contributed by atoms with E-state index >= 15 is 0 Å². The van der Waals surface area contributed by atoms with E-state index in [1.807, 2.05) is 27.8 Å². The summed E-state index contributed by atoms with van der Waals surface area (Å²) in [5.74, 6) is 0.797. The molecule has 0 spiro atoms. The molecule has 5 nitrogen and oxygen atoms in total. The van der Waals surface area contributed by atoms with Gasteiger partial charge in [0.25, 0.3) is 5.91 Å². The zero-order chi connectivity index (χ0) is 12.8. The van der Waals surface area contributed by atoms with E-state index < -0.39 is 0 Å². The third-order valence-electron chi connectivity index (χ3n) is 2.39. The van der Waals surface area contributed by atoms with Crippen molar-refractivity contribution in [3.8, 4) is 0 Å². The molecule has 0 aliphatic heterocycles. The lowest BCUT2D eigenvalue weighted by Gasteiger charge is -2.11. The summed E-state index contributed by atoms with van der Waals surface area (Å²) in [6, 6.07) is 0. The van der Waals surface area contributed by atoms with Crippen molar-refractivity contribution in [1.29, 1.82) is 0 Å². The average molecular weight is 236 g/mol. The topological polar surface area (TPSA) is 66.9 Å². The predicted octanol–water partition coefficient (Wildman–Crippen LogP) is 0.858. The number of aryl methyl sites for hydroxylation is 1. The van der Waals surface area contributed by atoms with Gasteiger partial charge in [0.05, 0.1) is 11.3 Å². The highest BCUT2D eigenvalue weighted by molar-refractivity contribution is 5.95. The Morgan fingerprint density at radius 1 is 1.41 bits per heavy atom. The Kier molecular flexibility index (Phi) is 5.03. The zero-order valence-electron chi connectivity index (χ0n) is 10.9. The second-order valence-corrected chi connectivity index (χ2v) is 4.23. The van der Waals surface area contributed by atoms with E-state index in [1.165, 1.54) is 0 Å². The van der Waals surface area contributed by atoms with Crippen molar-refractivity contribution in [2.24, 2.45) is 0 Å². The van der Waals surface area contributed by atoms with Crippen molar-refractivity contribution in [1.82, 2.24) is 20.6 Å². The Balaban J connectivity index is 2.85. The lowest BCUT2D eigenvalue weighted by molar-refractivity contribution is 0.0952. The SMILES string of the molecule is CNCCNC(=O)c1cnc(C)nc1C(C)C. The molecule has 0 saturated carbocycles. The number of likely N-dealkylation sites (N-methyl/N-ethyl adjacent to an activating group) is 1. The van der Waals surface area contributed by atoms with Crippen LogP contribution in [0.15, 0.2) is 6.20 Å². The number of carbonyl (C=O) groups excluding carboxylic acids is 1. The third-order valence-corrected chi connectivity index (χ3v) is 2.39. The molecule has 0 atom stereocenters. The molecular formula is C12H20N4O. The summed E-state index contributed by atoms with van der Waals surface area (Å²) in [6.07, 6.45) is 1.60. The van der Waals surface area contributed by atoms with Crippen LogP contribution in [0.3, 0.4) is 0 Å². The number of nitrogens with zero attached hydrogens (tertiary/aromatic N) is 2. The van der Waals surface area contributed by atoms with Crippen molar-refractivity contribution < 1.29 is 4.79 Å². The first-order valence-corrected chi connectivity index (χ1v) is 5.82. The van der Waals surface area contributed by atoms with E-state index in [4.69, 9.17) is 0 Å². The Bertz CT molecular complexity index is 390. The molecule has 0 unspecified atom stereocenters. The van der Waals surface area contributed by atoms with Gasteiger partial charge in [-0.3, -0.25) is 4.79 Å². The second kappa shape index (κ2) is 6.30. The van der Waals surface area contributed by atoms with Crippen LogP contribution in [0.4, 0.5) is 0 Å². The fourth-order valence-corrected chi connectivity index (χ4v) is 1.50. The van der Waals surface area contributed by atoms with Crippen molar-refractivity contribution in [3.05, 3.63) is 23.3 Å². The fraction of sp³-hybridized carbons (Fsp3) is 0.583. The number of aromatic nitrogens is 2. The monoisotopic (exact) mass is 236 g/mol. The van der Waals surface area contributed by atoms with Gasteiger partial charge in [-0.15, -0.1) is 0 Å². The van der Waals surface area contributed by atoms with E-state index in [1.54, 1.807) is 6.20 Å². The Morgan fingerprint density at radius 3 is 2.71 bits per heavy atom. The minimum atomic E-state index is -0.107. The molecule has 0 saturated heterocycles. The van der Waals surface area contributed by atoms with Crippen molar-refractivity contribution >= 4 is 5.91 Å². The molecule has 0 fully saturated rings. The van der Waals surface area contributed by atoms with Gasteiger partial charge in [0.2, 0.25) is 0 Å². The highest BCUT2D eigenvalue weighted by atomic mass is 16.1. The number of amides is 1. The molecule has 5 heteroatoms. The van der Waals surface area contributed by atoms with Gasteiger partial charge in [-0.2, -0.15) is 0 Å². The lowest BCUT2D eigenvalue weighted by Crippen LogP contribution is -2.31. The van der Waals surface area contributed by atoms with E-state index in [9.17, 15) is 4.79 Å². The van der Waals surface area contributed by atoms with Crippen LogP contribution in [0.25, 0.3) is 0 Å². The van der Waals surface area contributed by atoms with Gasteiger partial charge in [-0.05, 0) is 19.9 Å². The van der Waals surface area contributed by atoms with Crippen LogP contribution >= 0.6 is 0 Å². The van der Waals surface area contributed by atoms with E-state index in [-0.39, 0.29) is 11.8 Å². The maximum Gasteiger partial charge on any atom is 0.254 e. The molecule has 1 aromatic heterocycles. The highest BCUT2D eigenvalue weighted by Crippen LogP contribution is 2.16. The molecule has 0 aliphatic carbocycles. The molecule has 0 aliphatic rings. The molecule has 0 radical (unpaired) electrons. The normalized spacial score (nSPS) is 10.6. The van der Waals surface area contributed by atoms with E-state index in [0.29, 0.717) is 17.9 Å². The number of carbonyl (C=O) groups is 1. The van der Waals surface area contributed by atoms with Crippen LogP contribution in [0.5, 0.6) is 0 Å². The summed E-state index contributed by atoms with van der Waals surface area (Å²) in [7, 11) is 1.85. The molecule has 94 valence electrons. The first kappa shape index (κ1) is 13.6. The number of hydrogen-bond donors (Lipinski definition) is 2. The summed E-state index contributed by atoms with van der Waals surface area (Å²) >= 11 is 0. The fourth-order valence-electron chi connectivity index (χ4n) is 1.50. The molecule has 17 heavy (non-hydrogen) atoms. The zero-order valence-corrected chi connectivity index (χ0v) is 10.9. The van der Waals surface area contributed by atoms with Crippen molar-refractivity contribution in [3.63, 3.8) is 0 Å². The van der Waals surface area contributed by atoms with Crippen LogP contribution in [0.2, 0.25) is 0 Å². The maximum atomic E-state index is 11.9. The van der Waals surface area contributed by atoms with Gasteiger partial charge in [0.15, 0.2) is 0 Å². The first-order chi connectivity index (χ1) is 8.06. The molecule has 1 aromatic rings. The summed E-state index contributed by atoms with van der Waals surface area (Å²) in [5, 5.41) is 5.81. The van der Waals surface area contributed by atoms with E-state index in [2.05, 4.69) is 20.6 Å². The average Bonchev–Trinajstić information content (AvgIpc) is 2.29. The quantitative estimate of drug-likeness (QED) is 0.744. The molecule has 1 amide bonds. The van der Waals surface area contributed by atoms with Gasteiger partial charge >= 0.3 is 0 Å². The van der Waals surface area contributed by atoms with Gasteiger partial charge < -0.3 is 10.6 Å². The molecule has 1 rings (SSSR count). The Morgan fingerprint density at radius 2 is 2.12 bits per heavy atom. The Labute approximate surface area is 102 Å². The minimum Gasteiger partial charge on any atom is -0.351 e. The predicted molar refractivity (Wildman–Crippen MR) is 67.1 cm³/mol. The van der Waals surface area contributed by atoms with Gasteiger partial charge in [0.1, 0.15) is 5.82 Å². The summed E-state index contributed by atoms with van der Waals surface area (Å²) in [5.41, 5.74) is 1.38. The molecule has 2 N–H and O–H groups in total. The summed E-state index contributed by atoms with van der Waals surface area (Å²) in [6.45, 7) is 7.21. The third kappa shape index (κ3) is 3.78. The minimum absolute atomic E-state index is 0.107. The van der Waals surface area contributed by atoms with Crippen molar-refractivity contribution in [2.45, 2.75) is 26.7 Å². The van der Waals surface area contributed by atoms with E-state index in [0.717, 1.165) is 12.2 Å². The number of rotatable bonds is 5. The number of nitrogens with one attached hydrogen (secondary N) is 2. The summed E-state index contributed by atoms with van der Waals surface area (Å²) < 4.78 is 0. The second-order valence-electron chi connectivity index (χ2n) is 4.23. The van der Waals surface area contributed by atoms with Crippen LogP contribution in [0.1, 0.15) is 41.6 Å². The van der Waals surface area contributed by atoms with Gasteiger partial charge in [0, 0.05) is 19.3 Å². The van der Waals surface area contributed by atoms with Crippen molar-refractivity contribution in [2.75, 3.05) is 20.1 Å². The molecule has 0 aromatic carbocycles. The molecule has 0 bridgehead atoms. The lowest BCUT2D eigenvalue weighted by atomic mass is 10.0. The smallest absolute Gasteiger partial charge is 0.254 e. The summed E-state index contributed by atoms with van der Waals surface area (Å²) in [4.78, 5) is 20.4. The largest absolute Gasteiger partial charge is 0.351 e. The highest BCUT2D eigenvalue weighted by Gasteiger charge is 2.15.